The Labute approximate surface area is 104 Å². The standard InChI is InChI=1S/C11H16F2N4O/c12-8-7-9(13)11(15-10(8)14)17-3-1-16(2-4-17)5-6-18/h7,18H,1-6H2,(H2,14,15). The van der Waals surface area contributed by atoms with Crippen molar-refractivity contribution in [3.05, 3.63) is 17.7 Å². The van der Waals surface area contributed by atoms with Crippen LogP contribution in [-0.2, 0) is 0 Å². The van der Waals surface area contributed by atoms with Crippen LogP contribution in [0.25, 0.3) is 0 Å². The highest BCUT2D eigenvalue weighted by atomic mass is 19.1. The van der Waals surface area contributed by atoms with E-state index in [0.717, 1.165) is 6.07 Å². The van der Waals surface area contributed by atoms with E-state index < -0.39 is 11.6 Å². The van der Waals surface area contributed by atoms with Crippen molar-refractivity contribution in [2.75, 3.05) is 50.0 Å². The number of hydrogen-bond acceptors (Lipinski definition) is 5. The van der Waals surface area contributed by atoms with Crippen molar-refractivity contribution in [2.45, 2.75) is 0 Å². The van der Waals surface area contributed by atoms with Gasteiger partial charge in [-0.1, -0.05) is 0 Å². The molecule has 0 spiro atoms. The van der Waals surface area contributed by atoms with Crippen LogP contribution in [0.5, 0.6) is 0 Å². The largest absolute Gasteiger partial charge is 0.395 e. The fourth-order valence-electron chi connectivity index (χ4n) is 2.02. The monoisotopic (exact) mass is 258 g/mol. The number of β-amino-alcohol motifs (C(OH)–C–C–N with tert-alkyl or cyclic N) is 1. The number of halogens is 2. The van der Waals surface area contributed by atoms with Crippen LogP contribution in [0.1, 0.15) is 0 Å². The second-order valence-corrected chi connectivity index (χ2v) is 4.21. The Kier molecular flexibility index (Phi) is 3.93. The molecule has 0 unspecified atom stereocenters. The van der Waals surface area contributed by atoms with E-state index in [1.165, 1.54) is 0 Å². The summed E-state index contributed by atoms with van der Waals surface area (Å²) in [6.45, 7) is 3.29. The molecule has 2 heterocycles. The lowest BCUT2D eigenvalue weighted by molar-refractivity contribution is 0.188. The number of aliphatic hydroxyl groups is 1. The predicted molar refractivity (Wildman–Crippen MR) is 64.3 cm³/mol. The highest BCUT2D eigenvalue weighted by Crippen LogP contribution is 2.21. The molecule has 0 amide bonds. The number of aromatic nitrogens is 1. The molecule has 1 aliphatic heterocycles. The van der Waals surface area contributed by atoms with E-state index in [-0.39, 0.29) is 18.2 Å². The number of anilines is 2. The number of rotatable bonds is 3. The molecule has 1 aromatic rings. The predicted octanol–water partition coefficient (Wildman–Crippen LogP) is 0.0563. The lowest BCUT2D eigenvalue weighted by atomic mass is 10.3. The maximum Gasteiger partial charge on any atom is 0.168 e. The van der Waals surface area contributed by atoms with Gasteiger partial charge in [0.2, 0.25) is 0 Å². The average molecular weight is 258 g/mol. The molecule has 0 atom stereocenters. The molecule has 1 fully saturated rings. The lowest BCUT2D eigenvalue weighted by Gasteiger charge is -2.35. The highest BCUT2D eigenvalue weighted by molar-refractivity contribution is 5.47. The van der Waals surface area contributed by atoms with Crippen LogP contribution in [0.3, 0.4) is 0 Å². The Hall–Kier alpha value is -1.47. The molecule has 1 aliphatic rings. The fourth-order valence-corrected chi connectivity index (χ4v) is 2.02. The van der Waals surface area contributed by atoms with Gasteiger partial charge in [-0.25, -0.2) is 13.8 Å². The van der Waals surface area contributed by atoms with Gasteiger partial charge in [0.1, 0.15) is 0 Å². The molecule has 0 radical (unpaired) electrons. The molecule has 1 aromatic heterocycles. The van der Waals surface area contributed by atoms with Crippen molar-refractivity contribution >= 4 is 11.6 Å². The molecule has 3 N–H and O–H groups in total. The Balaban J connectivity index is 2.07. The number of nitrogens with two attached hydrogens (primary N) is 1. The SMILES string of the molecule is Nc1nc(N2CCN(CCO)CC2)c(F)cc1F. The summed E-state index contributed by atoms with van der Waals surface area (Å²) in [5, 5.41) is 8.83. The highest BCUT2D eigenvalue weighted by Gasteiger charge is 2.21. The van der Waals surface area contributed by atoms with Crippen LogP contribution in [0.15, 0.2) is 6.07 Å². The van der Waals surface area contributed by atoms with E-state index in [1.807, 2.05) is 0 Å². The van der Waals surface area contributed by atoms with Gasteiger partial charge in [-0.05, 0) is 0 Å². The summed E-state index contributed by atoms with van der Waals surface area (Å²) in [5.74, 6) is -1.73. The first-order valence-corrected chi connectivity index (χ1v) is 5.81. The quantitative estimate of drug-likeness (QED) is 0.802. The molecule has 100 valence electrons. The maximum atomic E-state index is 13.6. The zero-order valence-electron chi connectivity index (χ0n) is 9.94. The van der Waals surface area contributed by atoms with E-state index >= 15 is 0 Å². The van der Waals surface area contributed by atoms with Crippen LogP contribution in [0.2, 0.25) is 0 Å². The van der Waals surface area contributed by atoms with Crippen molar-refractivity contribution in [1.29, 1.82) is 0 Å². The molecule has 2 rings (SSSR count). The fraction of sp³-hybridized carbons (Fsp3) is 0.545. The maximum absolute atomic E-state index is 13.6. The Morgan fingerprint density at radius 1 is 1.22 bits per heavy atom. The third-order valence-electron chi connectivity index (χ3n) is 3.03. The molecule has 0 aliphatic carbocycles. The Bertz CT molecular complexity index is 422. The van der Waals surface area contributed by atoms with Crippen molar-refractivity contribution in [2.24, 2.45) is 0 Å². The summed E-state index contributed by atoms with van der Waals surface area (Å²) in [7, 11) is 0. The molecule has 7 heteroatoms. The summed E-state index contributed by atoms with van der Waals surface area (Å²) in [5.41, 5.74) is 5.35. The van der Waals surface area contributed by atoms with Crippen LogP contribution in [0.4, 0.5) is 20.4 Å². The zero-order valence-corrected chi connectivity index (χ0v) is 9.94. The number of piperazine rings is 1. The molecule has 1 saturated heterocycles. The lowest BCUT2D eigenvalue weighted by Crippen LogP contribution is -2.47. The van der Waals surface area contributed by atoms with Crippen LogP contribution in [-0.4, -0.2) is 54.3 Å². The number of aliphatic hydroxyl groups excluding tert-OH is 1. The van der Waals surface area contributed by atoms with Crippen molar-refractivity contribution in [3.8, 4) is 0 Å². The minimum Gasteiger partial charge on any atom is -0.395 e. The van der Waals surface area contributed by atoms with Gasteiger partial charge in [0, 0.05) is 38.8 Å². The van der Waals surface area contributed by atoms with Crippen LogP contribution in [0, 0.1) is 11.6 Å². The minimum atomic E-state index is -0.838. The van der Waals surface area contributed by atoms with E-state index in [2.05, 4.69) is 9.88 Å². The first-order chi connectivity index (χ1) is 8.61. The van der Waals surface area contributed by atoms with E-state index in [0.29, 0.717) is 32.7 Å². The first-order valence-electron chi connectivity index (χ1n) is 5.81. The summed E-state index contributed by atoms with van der Waals surface area (Å²) < 4.78 is 26.6. The molecule has 5 nitrogen and oxygen atoms in total. The molecule has 0 saturated carbocycles. The number of nitrogen functional groups attached to an aromatic ring is 1. The van der Waals surface area contributed by atoms with Gasteiger partial charge in [-0.3, -0.25) is 4.90 Å². The molecule has 18 heavy (non-hydrogen) atoms. The summed E-state index contributed by atoms with van der Waals surface area (Å²) >= 11 is 0. The zero-order chi connectivity index (χ0) is 13.1. The number of pyridine rings is 1. The van der Waals surface area contributed by atoms with Gasteiger partial charge in [-0.2, -0.15) is 0 Å². The third kappa shape index (κ3) is 2.68. The average Bonchev–Trinajstić information content (AvgIpc) is 2.35. The molecular weight excluding hydrogens is 242 g/mol. The van der Waals surface area contributed by atoms with Gasteiger partial charge in [0.15, 0.2) is 23.3 Å². The van der Waals surface area contributed by atoms with E-state index in [1.54, 1.807) is 4.90 Å². The van der Waals surface area contributed by atoms with Crippen molar-refractivity contribution in [1.82, 2.24) is 9.88 Å². The van der Waals surface area contributed by atoms with Gasteiger partial charge >= 0.3 is 0 Å². The van der Waals surface area contributed by atoms with Crippen LogP contribution < -0.4 is 10.6 Å². The smallest absolute Gasteiger partial charge is 0.168 e. The van der Waals surface area contributed by atoms with Gasteiger partial charge in [-0.15, -0.1) is 0 Å². The third-order valence-corrected chi connectivity index (χ3v) is 3.03. The Morgan fingerprint density at radius 2 is 1.89 bits per heavy atom. The van der Waals surface area contributed by atoms with Crippen molar-refractivity contribution < 1.29 is 13.9 Å². The first kappa shape index (κ1) is 13.0. The topological polar surface area (TPSA) is 65.6 Å². The molecule has 0 aromatic carbocycles. The van der Waals surface area contributed by atoms with E-state index in [4.69, 9.17) is 10.8 Å². The van der Waals surface area contributed by atoms with E-state index in [9.17, 15) is 8.78 Å². The number of nitrogens with zero attached hydrogens (tertiary/aromatic N) is 3. The Morgan fingerprint density at radius 3 is 2.50 bits per heavy atom. The van der Waals surface area contributed by atoms with Crippen molar-refractivity contribution in [3.63, 3.8) is 0 Å². The van der Waals surface area contributed by atoms with Gasteiger partial charge in [0.25, 0.3) is 0 Å². The van der Waals surface area contributed by atoms with Crippen LogP contribution >= 0.6 is 0 Å². The minimum absolute atomic E-state index is 0.0950. The second kappa shape index (κ2) is 5.45. The molecular formula is C11H16F2N4O. The normalized spacial score (nSPS) is 17.2. The molecule has 0 bridgehead atoms. The summed E-state index contributed by atoms with van der Waals surface area (Å²) in [6.07, 6.45) is 0. The number of hydrogen-bond donors (Lipinski definition) is 2. The summed E-state index contributed by atoms with van der Waals surface area (Å²) in [6, 6.07) is 0.762. The summed E-state index contributed by atoms with van der Waals surface area (Å²) in [4.78, 5) is 7.56. The second-order valence-electron chi connectivity index (χ2n) is 4.21. The van der Waals surface area contributed by atoms with Gasteiger partial charge in [0.05, 0.1) is 6.61 Å². The van der Waals surface area contributed by atoms with Gasteiger partial charge < -0.3 is 15.7 Å².